The number of aryl methyl sites for hydroxylation is 1. The van der Waals surface area contributed by atoms with E-state index in [1.807, 2.05) is 61.5 Å². The summed E-state index contributed by atoms with van der Waals surface area (Å²) in [5, 5.41) is 10.3. The predicted octanol–water partition coefficient (Wildman–Crippen LogP) is 4.08. The van der Waals surface area contributed by atoms with E-state index in [1.54, 1.807) is 0 Å². The van der Waals surface area contributed by atoms with Crippen LogP contribution >= 0.6 is 0 Å². The Bertz CT molecular complexity index is 780. The Labute approximate surface area is 112 Å². The number of pyridine rings is 1. The molecule has 3 aromatic rings. The second-order valence-corrected chi connectivity index (χ2v) is 4.56. The lowest BCUT2D eigenvalue weighted by molar-refractivity contribution is 1.35. The van der Waals surface area contributed by atoms with Crippen LogP contribution in [0.25, 0.3) is 22.2 Å². The molecule has 0 aliphatic heterocycles. The average Bonchev–Trinajstić information content (AvgIpc) is 2.46. The maximum Gasteiger partial charge on any atom is 0.101 e. The van der Waals surface area contributed by atoms with Crippen molar-refractivity contribution in [3.63, 3.8) is 0 Å². The van der Waals surface area contributed by atoms with Crippen LogP contribution in [0, 0.1) is 18.3 Å². The van der Waals surface area contributed by atoms with Crippen molar-refractivity contribution in [2.45, 2.75) is 6.92 Å². The minimum atomic E-state index is 0.613. The Morgan fingerprint density at radius 1 is 1.00 bits per heavy atom. The molecule has 0 aliphatic carbocycles. The van der Waals surface area contributed by atoms with Gasteiger partial charge in [-0.05, 0) is 19.1 Å². The normalized spacial score (nSPS) is 10.3. The number of nitriles is 1. The van der Waals surface area contributed by atoms with Crippen molar-refractivity contribution in [3.05, 3.63) is 65.7 Å². The third-order valence-corrected chi connectivity index (χ3v) is 3.17. The second-order valence-electron chi connectivity index (χ2n) is 4.56. The van der Waals surface area contributed by atoms with Gasteiger partial charge in [0.25, 0.3) is 0 Å². The molecule has 2 heteroatoms. The zero-order valence-corrected chi connectivity index (χ0v) is 10.6. The fourth-order valence-electron chi connectivity index (χ4n) is 2.13. The van der Waals surface area contributed by atoms with Crippen LogP contribution in [-0.2, 0) is 0 Å². The minimum absolute atomic E-state index is 0.613. The van der Waals surface area contributed by atoms with Gasteiger partial charge in [0.05, 0.1) is 16.8 Å². The van der Waals surface area contributed by atoms with E-state index in [1.165, 1.54) is 5.56 Å². The van der Waals surface area contributed by atoms with E-state index < -0.39 is 0 Å². The summed E-state index contributed by atoms with van der Waals surface area (Å²) in [5.74, 6) is 0. The monoisotopic (exact) mass is 244 g/mol. The average molecular weight is 244 g/mol. The summed E-state index contributed by atoms with van der Waals surface area (Å²) in [5.41, 5.74) is 4.46. The Morgan fingerprint density at radius 3 is 2.47 bits per heavy atom. The highest BCUT2D eigenvalue weighted by Gasteiger charge is 2.08. The smallest absolute Gasteiger partial charge is 0.101 e. The maximum absolute atomic E-state index is 9.30. The molecular weight excluding hydrogens is 232 g/mol. The van der Waals surface area contributed by atoms with Crippen LogP contribution in [0.2, 0.25) is 0 Å². The predicted molar refractivity (Wildman–Crippen MR) is 76.6 cm³/mol. The number of para-hydroxylation sites is 1. The fraction of sp³-hybridized carbons (Fsp3) is 0.0588. The number of nitrogens with zero attached hydrogens (tertiary/aromatic N) is 2. The lowest BCUT2D eigenvalue weighted by atomic mass is 10.0. The summed E-state index contributed by atoms with van der Waals surface area (Å²) in [6.07, 6.45) is 0. The van der Waals surface area contributed by atoms with Crippen LogP contribution in [0.5, 0.6) is 0 Å². The summed E-state index contributed by atoms with van der Waals surface area (Å²) in [7, 11) is 0. The van der Waals surface area contributed by atoms with Crippen molar-refractivity contribution in [1.29, 1.82) is 5.26 Å². The second kappa shape index (κ2) is 4.55. The number of benzene rings is 2. The van der Waals surface area contributed by atoms with Crippen LogP contribution in [0.1, 0.15) is 11.1 Å². The third-order valence-electron chi connectivity index (χ3n) is 3.17. The van der Waals surface area contributed by atoms with Gasteiger partial charge in [0.2, 0.25) is 0 Å². The summed E-state index contributed by atoms with van der Waals surface area (Å²) >= 11 is 0. The molecule has 0 aliphatic rings. The van der Waals surface area contributed by atoms with Crippen molar-refractivity contribution in [1.82, 2.24) is 4.98 Å². The van der Waals surface area contributed by atoms with Crippen molar-refractivity contribution in [2.75, 3.05) is 0 Å². The minimum Gasteiger partial charge on any atom is -0.246 e. The van der Waals surface area contributed by atoms with Gasteiger partial charge >= 0.3 is 0 Å². The van der Waals surface area contributed by atoms with Crippen LogP contribution in [0.3, 0.4) is 0 Å². The number of fused-ring (bicyclic) bond motifs is 1. The maximum atomic E-state index is 9.30. The van der Waals surface area contributed by atoms with E-state index in [0.717, 1.165) is 22.2 Å². The van der Waals surface area contributed by atoms with Gasteiger partial charge in [-0.1, -0.05) is 48.0 Å². The van der Waals surface area contributed by atoms with Gasteiger partial charge in [0.1, 0.15) is 6.07 Å². The van der Waals surface area contributed by atoms with Gasteiger partial charge in [0, 0.05) is 10.9 Å². The van der Waals surface area contributed by atoms with E-state index in [9.17, 15) is 5.26 Å². The van der Waals surface area contributed by atoms with Crippen LogP contribution < -0.4 is 0 Å². The van der Waals surface area contributed by atoms with Gasteiger partial charge in [-0.15, -0.1) is 0 Å². The van der Waals surface area contributed by atoms with Gasteiger partial charge in [-0.2, -0.15) is 5.26 Å². The number of hydrogen-bond acceptors (Lipinski definition) is 2. The molecule has 1 aromatic heterocycles. The first-order valence-corrected chi connectivity index (χ1v) is 6.15. The topological polar surface area (TPSA) is 36.7 Å². The van der Waals surface area contributed by atoms with Crippen LogP contribution in [0.15, 0.2) is 54.6 Å². The van der Waals surface area contributed by atoms with Gasteiger partial charge in [-0.3, -0.25) is 0 Å². The van der Waals surface area contributed by atoms with E-state index in [-0.39, 0.29) is 0 Å². The van der Waals surface area contributed by atoms with E-state index in [0.29, 0.717) is 5.56 Å². The summed E-state index contributed by atoms with van der Waals surface area (Å²) < 4.78 is 0. The molecule has 0 fully saturated rings. The van der Waals surface area contributed by atoms with Gasteiger partial charge in [-0.25, -0.2) is 4.98 Å². The SMILES string of the molecule is Cc1ccc(-c2nc3ccccc3cc2C#N)cc1. The Kier molecular flexibility index (Phi) is 2.74. The lowest BCUT2D eigenvalue weighted by Crippen LogP contribution is -1.91. The van der Waals surface area contributed by atoms with E-state index in [2.05, 4.69) is 11.1 Å². The molecule has 2 nitrogen and oxygen atoms in total. The molecule has 0 N–H and O–H groups in total. The molecule has 3 rings (SSSR count). The number of aromatic nitrogens is 1. The largest absolute Gasteiger partial charge is 0.246 e. The molecule has 0 atom stereocenters. The Balaban J connectivity index is 2.27. The Hall–Kier alpha value is -2.66. The Morgan fingerprint density at radius 2 is 1.74 bits per heavy atom. The summed E-state index contributed by atoms with van der Waals surface area (Å²) in [6.45, 7) is 2.04. The number of hydrogen-bond donors (Lipinski definition) is 0. The summed E-state index contributed by atoms with van der Waals surface area (Å²) in [4.78, 5) is 4.62. The van der Waals surface area contributed by atoms with Crippen molar-refractivity contribution in [3.8, 4) is 17.3 Å². The number of rotatable bonds is 1. The molecule has 0 spiro atoms. The molecule has 0 unspecified atom stereocenters. The molecule has 90 valence electrons. The zero-order valence-electron chi connectivity index (χ0n) is 10.6. The summed E-state index contributed by atoms with van der Waals surface area (Å²) in [6, 6.07) is 20.1. The highest BCUT2D eigenvalue weighted by atomic mass is 14.7. The molecule has 0 amide bonds. The lowest BCUT2D eigenvalue weighted by Gasteiger charge is -2.06. The first-order chi connectivity index (χ1) is 9.28. The fourth-order valence-corrected chi connectivity index (χ4v) is 2.13. The third kappa shape index (κ3) is 2.07. The van der Waals surface area contributed by atoms with Crippen LogP contribution in [-0.4, -0.2) is 4.98 Å². The zero-order chi connectivity index (χ0) is 13.2. The highest BCUT2D eigenvalue weighted by molar-refractivity contribution is 5.84. The molecule has 1 heterocycles. The van der Waals surface area contributed by atoms with Gasteiger partial charge in [0.15, 0.2) is 0 Å². The molecule has 0 radical (unpaired) electrons. The standard InChI is InChI=1S/C17H12N2/c1-12-6-8-13(9-7-12)17-15(11-18)10-14-4-2-3-5-16(14)19-17/h2-10H,1H3. The molecular formula is C17H12N2. The van der Waals surface area contributed by atoms with Crippen molar-refractivity contribution < 1.29 is 0 Å². The first kappa shape index (κ1) is 11.4. The highest BCUT2D eigenvalue weighted by Crippen LogP contribution is 2.25. The molecule has 0 saturated heterocycles. The van der Waals surface area contributed by atoms with E-state index >= 15 is 0 Å². The van der Waals surface area contributed by atoms with Crippen molar-refractivity contribution in [2.24, 2.45) is 0 Å². The van der Waals surface area contributed by atoms with E-state index in [4.69, 9.17) is 0 Å². The molecule has 0 bridgehead atoms. The van der Waals surface area contributed by atoms with Gasteiger partial charge < -0.3 is 0 Å². The molecule has 0 saturated carbocycles. The van der Waals surface area contributed by atoms with Crippen LogP contribution in [0.4, 0.5) is 0 Å². The first-order valence-electron chi connectivity index (χ1n) is 6.15. The quantitative estimate of drug-likeness (QED) is 0.646. The van der Waals surface area contributed by atoms with Crippen molar-refractivity contribution >= 4 is 10.9 Å². The molecule has 19 heavy (non-hydrogen) atoms. The molecule has 2 aromatic carbocycles.